The highest BCUT2D eigenvalue weighted by atomic mass is 19.1. The molecule has 3 aromatic carbocycles. The second-order valence-electron chi connectivity index (χ2n) is 6.84. The second kappa shape index (κ2) is 11.5. The van der Waals surface area contributed by atoms with Gasteiger partial charge in [-0.25, -0.2) is 4.39 Å². The smallest absolute Gasteiger partial charge is 0.254 e. The maximum absolute atomic E-state index is 14.7. The lowest BCUT2D eigenvalue weighted by Gasteiger charge is -2.17. The van der Waals surface area contributed by atoms with Gasteiger partial charge in [-0.1, -0.05) is 30.3 Å². The minimum atomic E-state index is -1.11. The number of amides is 1. The molecule has 0 saturated heterocycles. The van der Waals surface area contributed by atoms with Crippen molar-refractivity contribution >= 4 is 5.91 Å². The van der Waals surface area contributed by atoms with Crippen LogP contribution in [0.15, 0.2) is 72.8 Å². The van der Waals surface area contributed by atoms with E-state index in [9.17, 15) is 9.18 Å². The zero-order valence-electron chi connectivity index (χ0n) is 17.6. The number of nitrogens with zero attached hydrogens (tertiary/aromatic N) is 1. The number of ether oxygens (including phenoxy) is 3. The van der Waals surface area contributed by atoms with Gasteiger partial charge >= 0.3 is 0 Å². The number of nitrogens with one attached hydrogen (secondary N) is 1. The van der Waals surface area contributed by atoms with Crippen molar-refractivity contribution in [2.24, 2.45) is 0 Å². The molecule has 0 aliphatic heterocycles. The Hall–Kier alpha value is -3.89. The molecule has 164 valence electrons. The quantitative estimate of drug-likeness (QED) is 0.485. The first kappa shape index (κ1) is 22.8. The summed E-state index contributed by atoms with van der Waals surface area (Å²) in [6, 6.07) is 22.5. The molecule has 0 spiro atoms. The molecule has 0 bridgehead atoms. The molecule has 1 amide bonds. The molecule has 32 heavy (non-hydrogen) atoms. The fraction of sp³-hybridized carbons (Fsp3) is 0.200. The number of nitriles is 1. The first-order chi connectivity index (χ1) is 15.6. The lowest BCUT2D eigenvalue weighted by atomic mass is 10.1. The normalized spacial score (nSPS) is 11.3. The van der Waals surface area contributed by atoms with Gasteiger partial charge in [0.1, 0.15) is 30.5 Å². The number of halogens is 1. The van der Waals surface area contributed by atoms with Crippen molar-refractivity contribution < 1.29 is 23.4 Å². The molecule has 1 N–H and O–H groups in total. The third-order valence-electron chi connectivity index (χ3n) is 4.64. The minimum absolute atomic E-state index is 0.109. The molecule has 0 saturated carbocycles. The summed E-state index contributed by atoms with van der Waals surface area (Å²) in [6.07, 6.45) is -1.11. The molecule has 7 heteroatoms. The van der Waals surface area contributed by atoms with Crippen LogP contribution < -0.4 is 14.8 Å². The van der Waals surface area contributed by atoms with Crippen LogP contribution >= 0.6 is 0 Å². The Morgan fingerprint density at radius 2 is 1.69 bits per heavy atom. The van der Waals surface area contributed by atoms with Gasteiger partial charge in [0.05, 0.1) is 11.6 Å². The van der Waals surface area contributed by atoms with Crippen LogP contribution in [-0.2, 0) is 16.1 Å². The van der Waals surface area contributed by atoms with Crippen LogP contribution in [0.25, 0.3) is 0 Å². The molecular formula is C25H23FN2O4. The highest BCUT2D eigenvalue weighted by Crippen LogP contribution is 2.24. The van der Waals surface area contributed by atoms with Crippen molar-refractivity contribution in [2.45, 2.75) is 12.6 Å². The number of methoxy groups -OCH3 is 1. The molecule has 0 fully saturated rings. The molecule has 0 heterocycles. The van der Waals surface area contributed by atoms with Crippen molar-refractivity contribution in [3.05, 3.63) is 95.3 Å². The monoisotopic (exact) mass is 434 g/mol. The largest absolute Gasteiger partial charge is 0.490 e. The van der Waals surface area contributed by atoms with Gasteiger partial charge in [0.15, 0.2) is 6.10 Å². The van der Waals surface area contributed by atoms with Gasteiger partial charge in [0, 0.05) is 25.3 Å². The highest BCUT2D eigenvalue weighted by molar-refractivity contribution is 5.82. The average molecular weight is 434 g/mol. The fourth-order valence-electron chi connectivity index (χ4n) is 3.00. The van der Waals surface area contributed by atoms with Crippen LogP contribution in [0.3, 0.4) is 0 Å². The summed E-state index contributed by atoms with van der Waals surface area (Å²) in [5, 5.41) is 11.6. The van der Waals surface area contributed by atoms with Crippen molar-refractivity contribution in [1.29, 1.82) is 5.26 Å². The number of hydrogen-bond acceptors (Lipinski definition) is 5. The molecule has 0 aliphatic rings. The van der Waals surface area contributed by atoms with Gasteiger partial charge in [-0.2, -0.15) is 5.26 Å². The van der Waals surface area contributed by atoms with E-state index in [1.165, 1.54) is 19.2 Å². The molecule has 3 aromatic rings. The molecule has 0 unspecified atom stereocenters. The lowest BCUT2D eigenvalue weighted by Crippen LogP contribution is -2.30. The van der Waals surface area contributed by atoms with Crippen LogP contribution in [0.4, 0.5) is 4.39 Å². The molecule has 0 aromatic heterocycles. The van der Waals surface area contributed by atoms with Crippen LogP contribution in [0.2, 0.25) is 0 Å². The van der Waals surface area contributed by atoms with Crippen LogP contribution in [-0.4, -0.2) is 26.2 Å². The molecule has 6 nitrogen and oxygen atoms in total. The summed E-state index contributed by atoms with van der Waals surface area (Å²) < 4.78 is 31.0. The van der Waals surface area contributed by atoms with E-state index in [1.807, 2.05) is 36.4 Å². The Labute approximate surface area is 186 Å². The predicted molar refractivity (Wildman–Crippen MR) is 117 cm³/mol. The second-order valence-corrected chi connectivity index (χ2v) is 6.84. The summed E-state index contributed by atoms with van der Waals surface area (Å²) in [5.41, 5.74) is 1.46. The van der Waals surface area contributed by atoms with Crippen LogP contribution in [0.1, 0.15) is 22.8 Å². The fourth-order valence-corrected chi connectivity index (χ4v) is 3.00. The molecule has 3 rings (SSSR count). The molecule has 0 radical (unpaired) electrons. The molecular weight excluding hydrogens is 411 g/mol. The summed E-state index contributed by atoms with van der Waals surface area (Å²) in [6.45, 7) is 0.785. The predicted octanol–water partition coefficient (Wildman–Crippen LogP) is 4.16. The summed E-state index contributed by atoms with van der Waals surface area (Å²) in [4.78, 5) is 12.6. The standard InChI is InChI=1S/C25H23FN2O4/c1-30-24(25(29)28-17-19-9-7-18(16-27)8-10-19)22-12-11-21(15-23(22)26)32-14-13-31-20-5-3-2-4-6-20/h2-12,15,24H,13-14,17H2,1H3,(H,28,29)/t24-/m0/s1. The third kappa shape index (κ3) is 6.30. The maximum Gasteiger partial charge on any atom is 0.254 e. The maximum atomic E-state index is 14.7. The van der Waals surface area contributed by atoms with Gasteiger partial charge in [0.25, 0.3) is 5.91 Å². The van der Waals surface area contributed by atoms with E-state index in [4.69, 9.17) is 19.5 Å². The van der Waals surface area contributed by atoms with Gasteiger partial charge in [-0.15, -0.1) is 0 Å². The topological polar surface area (TPSA) is 80.6 Å². The first-order valence-corrected chi connectivity index (χ1v) is 10.0. The van der Waals surface area contributed by atoms with Crippen LogP contribution in [0.5, 0.6) is 11.5 Å². The van der Waals surface area contributed by atoms with Crippen molar-refractivity contribution in [3.8, 4) is 17.6 Å². The minimum Gasteiger partial charge on any atom is -0.490 e. The highest BCUT2D eigenvalue weighted by Gasteiger charge is 2.23. The summed E-state index contributed by atoms with van der Waals surface area (Å²) >= 11 is 0. The van der Waals surface area contributed by atoms with Crippen molar-refractivity contribution in [1.82, 2.24) is 5.32 Å². The Bertz CT molecular complexity index is 1070. The number of carbonyl (C=O) groups excluding carboxylic acids is 1. The number of benzene rings is 3. The summed E-state index contributed by atoms with van der Waals surface area (Å²) in [7, 11) is 1.34. The van der Waals surface area contributed by atoms with E-state index in [2.05, 4.69) is 5.32 Å². The van der Waals surface area contributed by atoms with E-state index < -0.39 is 17.8 Å². The number of carbonyl (C=O) groups is 1. The molecule has 1 atom stereocenters. The SMILES string of the molecule is CO[C@H](C(=O)NCc1ccc(C#N)cc1)c1ccc(OCCOc2ccccc2)cc1F. The third-order valence-corrected chi connectivity index (χ3v) is 4.64. The first-order valence-electron chi connectivity index (χ1n) is 10.0. The van der Waals surface area contributed by atoms with Crippen molar-refractivity contribution in [3.63, 3.8) is 0 Å². The van der Waals surface area contributed by atoms with Crippen molar-refractivity contribution in [2.75, 3.05) is 20.3 Å². The van der Waals surface area contributed by atoms with Gasteiger partial charge in [-0.05, 0) is 42.0 Å². The van der Waals surface area contributed by atoms with E-state index in [-0.39, 0.29) is 18.7 Å². The average Bonchev–Trinajstić information content (AvgIpc) is 2.83. The van der Waals surface area contributed by atoms with Crippen LogP contribution in [0, 0.1) is 17.1 Å². The Kier molecular flexibility index (Phi) is 8.18. The number of hydrogen-bond donors (Lipinski definition) is 1. The van der Waals surface area contributed by atoms with Gasteiger partial charge in [-0.3, -0.25) is 4.79 Å². The lowest BCUT2D eigenvalue weighted by molar-refractivity contribution is -0.131. The Morgan fingerprint density at radius 1 is 1.00 bits per heavy atom. The Morgan fingerprint density at radius 3 is 2.31 bits per heavy atom. The van der Waals surface area contributed by atoms with E-state index >= 15 is 0 Å². The van der Waals surface area contributed by atoms with E-state index in [0.29, 0.717) is 17.9 Å². The van der Waals surface area contributed by atoms with Gasteiger partial charge < -0.3 is 19.5 Å². The zero-order chi connectivity index (χ0) is 22.8. The molecule has 0 aliphatic carbocycles. The zero-order valence-corrected chi connectivity index (χ0v) is 17.6. The van der Waals surface area contributed by atoms with E-state index in [0.717, 1.165) is 11.3 Å². The van der Waals surface area contributed by atoms with E-state index in [1.54, 1.807) is 30.3 Å². The Balaban J connectivity index is 1.53. The van der Waals surface area contributed by atoms with Gasteiger partial charge in [0.2, 0.25) is 0 Å². The number of rotatable bonds is 10. The number of para-hydroxylation sites is 1. The summed E-state index contributed by atoms with van der Waals surface area (Å²) in [5.74, 6) is -0.0177.